The molecule has 2 aliphatic heterocycles. The molecule has 6 rings (SSSR count). The molecular weight excluding hydrogens is 612 g/mol. The van der Waals surface area contributed by atoms with Crippen LogP contribution in [0.5, 0.6) is 0 Å². The quantitative estimate of drug-likeness (QED) is 0.148. The van der Waals surface area contributed by atoms with E-state index in [0.29, 0.717) is 17.8 Å². The van der Waals surface area contributed by atoms with Crippen LogP contribution in [-0.4, -0.2) is 58.7 Å². The molecule has 1 fully saturated rings. The third-order valence-corrected chi connectivity index (χ3v) is 9.21. The summed E-state index contributed by atoms with van der Waals surface area (Å²) >= 11 is 0. The van der Waals surface area contributed by atoms with Crippen LogP contribution in [0.1, 0.15) is 85.7 Å². The number of hydrogen-bond donors (Lipinski definition) is 3. The van der Waals surface area contributed by atoms with Gasteiger partial charge in [-0.3, -0.25) is 9.69 Å². The number of benzene rings is 4. The first-order chi connectivity index (χ1) is 23.1. The van der Waals surface area contributed by atoms with Crippen molar-refractivity contribution >= 4 is 23.5 Å². The third-order valence-electron chi connectivity index (χ3n) is 9.21. The van der Waals surface area contributed by atoms with Gasteiger partial charge in [-0.05, 0) is 61.0 Å². The topological polar surface area (TPSA) is 135 Å². The molecule has 1 amide bonds. The number of likely N-dealkylation sites (N-methyl/N-ethyl adjacent to an activating group) is 1. The smallest absolute Gasteiger partial charge is 0.346 e. The SMILES string of the molecule is CC1C(CN(C)C(C)C(O)c2ccccc2)OC(c2cccc(NC(=O)c3ccc4c(c3)C(=O)OC4=O)c2)OC1c1ccc(CO)cc1. The molecule has 10 heteroatoms. The molecule has 10 nitrogen and oxygen atoms in total. The van der Waals surface area contributed by atoms with Gasteiger partial charge in [0.2, 0.25) is 0 Å². The molecule has 2 aliphatic rings. The summed E-state index contributed by atoms with van der Waals surface area (Å²) in [6.45, 7) is 4.51. The van der Waals surface area contributed by atoms with Crippen molar-refractivity contribution in [3.05, 3.63) is 136 Å². The Bertz CT molecular complexity index is 1790. The van der Waals surface area contributed by atoms with Crippen LogP contribution >= 0.6 is 0 Å². The normalized spacial score (nSPS) is 21.8. The van der Waals surface area contributed by atoms with Crippen LogP contribution in [0.3, 0.4) is 0 Å². The Morgan fingerprint density at radius 1 is 0.875 bits per heavy atom. The lowest BCUT2D eigenvalue weighted by molar-refractivity contribution is -0.276. The zero-order chi connectivity index (χ0) is 33.9. The van der Waals surface area contributed by atoms with Gasteiger partial charge < -0.3 is 29.7 Å². The van der Waals surface area contributed by atoms with Gasteiger partial charge in [-0.1, -0.05) is 73.7 Å². The van der Waals surface area contributed by atoms with Gasteiger partial charge in [0.15, 0.2) is 6.29 Å². The van der Waals surface area contributed by atoms with E-state index in [-0.39, 0.29) is 47.5 Å². The highest BCUT2D eigenvalue weighted by atomic mass is 16.7. The van der Waals surface area contributed by atoms with Gasteiger partial charge in [0.05, 0.1) is 36.0 Å². The summed E-state index contributed by atoms with van der Waals surface area (Å²) < 4.78 is 17.9. The predicted octanol–water partition coefficient (Wildman–Crippen LogP) is 5.59. The number of ether oxygens (including phenoxy) is 3. The van der Waals surface area contributed by atoms with Crippen molar-refractivity contribution in [3.63, 3.8) is 0 Å². The summed E-state index contributed by atoms with van der Waals surface area (Å²) in [6, 6.07) is 28.4. The average Bonchev–Trinajstić information content (AvgIpc) is 3.40. The highest BCUT2D eigenvalue weighted by Crippen LogP contribution is 2.42. The maximum atomic E-state index is 13.2. The minimum Gasteiger partial charge on any atom is -0.392 e. The number of cyclic esters (lactones) is 2. The number of anilines is 1. The lowest BCUT2D eigenvalue weighted by atomic mass is 9.89. The molecular formula is C38H38N2O8. The number of carbonyl (C=O) groups is 3. The highest BCUT2D eigenvalue weighted by Gasteiger charge is 2.40. The Morgan fingerprint density at radius 3 is 2.33 bits per heavy atom. The Balaban J connectivity index is 1.23. The second-order valence-corrected chi connectivity index (χ2v) is 12.4. The van der Waals surface area contributed by atoms with Gasteiger partial charge in [-0.15, -0.1) is 0 Å². The van der Waals surface area contributed by atoms with E-state index in [1.807, 2.05) is 74.6 Å². The van der Waals surface area contributed by atoms with Gasteiger partial charge >= 0.3 is 11.9 Å². The van der Waals surface area contributed by atoms with Crippen LogP contribution in [0.2, 0.25) is 0 Å². The van der Waals surface area contributed by atoms with E-state index >= 15 is 0 Å². The van der Waals surface area contributed by atoms with Crippen molar-refractivity contribution in [3.8, 4) is 0 Å². The van der Waals surface area contributed by atoms with Gasteiger partial charge in [0, 0.05) is 35.3 Å². The third kappa shape index (κ3) is 6.94. The molecule has 1 saturated heterocycles. The highest BCUT2D eigenvalue weighted by molar-refractivity contribution is 6.16. The minimum atomic E-state index is -0.783. The fourth-order valence-electron chi connectivity index (χ4n) is 6.14. The first-order valence-electron chi connectivity index (χ1n) is 15.9. The summed E-state index contributed by atoms with van der Waals surface area (Å²) in [6.07, 6.45) is -2.12. The monoisotopic (exact) mass is 650 g/mol. The number of esters is 2. The van der Waals surface area contributed by atoms with E-state index in [0.717, 1.165) is 16.7 Å². The van der Waals surface area contributed by atoms with E-state index < -0.39 is 30.2 Å². The number of carbonyl (C=O) groups excluding carboxylic acids is 3. The van der Waals surface area contributed by atoms with Crippen LogP contribution in [0.4, 0.5) is 5.69 Å². The summed E-state index contributed by atoms with van der Waals surface area (Å²) in [5.41, 5.74) is 4.13. The van der Waals surface area contributed by atoms with Gasteiger partial charge in [-0.25, -0.2) is 9.59 Å². The standard InChI is InChI=1S/C38H38N2O8/c1-22-32(20-40(3)23(2)33(42)25-8-5-4-6-9-25)46-38(47-34(22)26-14-12-24(21-41)13-15-26)28-10-7-11-29(18-28)39-35(43)27-16-17-30-31(19-27)37(45)48-36(30)44/h4-19,22-23,32-34,38,41-42H,20-21H2,1-3H3,(H,39,43). The number of aliphatic hydroxyl groups excluding tert-OH is 2. The van der Waals surface area contributed by atoms with Crippen LogP contribution in [-0.2, 0) is 20.8 Å². The Morgan fingerprint density at radius 2 is 1.60 bits per heavy atom. The lowest BCUT2D eigenvalue weighted by Gasteiger charge is -2.43. The molecule has 0 radical (unpaired) electrons. The van der Waals surface area contributed by atoms with Crippen LogP contribution in [0.15, 0.2) is 97.1 Å². The van der Waals surface area contributed by atoms with Gasteiger partial charge in [-0.2, -0.15) is 0 Å². The molecule has 48 heavy (non-hydrogen) atoms. The molecule has 4 aromatic rings. The molecule has 2 heterocycles. The second kappa shape index (κ2) is 14.2. The summed E-state index contributed by atoms with van der Waals surface area (Å²) in [5, 5.41) is 23.6. The Labute approximate surface area is 278 Å². The number of aliphatic hydroxyl groups is 2. The van der Waals surface area contributed by atoms with Crippen molar-refractivity contribution in [1.29, 1.82) is 0 Å². The lowest BCUT2D eigenvalue weighted by Crippen LogP contribution is -2.46. The molecule has 0 saturated carbocycles. The van der Waals surface area contributed by atoms with Crippen molar-refractivity contribution in [2.75, 3.05) is 18.9 Å². The molecule has 0 spiro atoms. The number of amides is 1. The molecule has 4 aromatic carbocycles. The van der Waals surface area contributed by atoms with Crippen molar-refractivity contribution in [2.24, 2.45) is 5.92 Å². The molecule has 3 N–H and O–H groups in total. The maximum Gasteiger partial charge on any atom is 0.346 e. The number of fused-ring (bicyclic) bond motifs is 1. The minimum absolute atomic E-state index is 0.0548. The van der Waals surface area contributed by atoms with Crippen molar-refractivity contribution < 1.29 is 38.8 Å². The Kier molecular flexibility index (Phi) is 9.81. The number of nitrogens with one attached hydrogen (secondary N) is 1. The average molecular weight is 651 g/mol. The first-order valence-corrected chi connectivity index (χ1v) is 15.9. The fraction of sp³-hybridized carbons (Fsp3) is 0.289. The van der Waals surface area contributed by atoms with E-state index in [2.05, 4.69) is 21.9 Å². The van der Waals surface area contributed by atoms with Crippen molar-refractivity contribution in [1.82, 2.24) is 4.90 Å². The predicted molar refractivity (Wildman–Crippen MR) is 177 cm³/mol. The fourth-order valence-corrected chi connectivity index (χ4v) is 6.14. The number of nitrogens with zero attached hydrogens (tertiary/aromatic N) is 1. The molecule has 0 aliphatic carbocycles. The zero-order valence-electron chi connectivity index (χ0n) is 26.9. The number of rotatable bonds is 10. The van der Waals surface area contributed by atoms with E-state index in [1.165, 1.54) is 18.2 Å². The van der Waals surface area contributed by atoms with E-state index in [1.54, 1.807) is 18.2 Å². The Hall–Kier alpha value is -4.71. The zero-order valence-corrected chi connectivity index (χ0v) is 26.9. The largest absolute Gasteiger partial charge is 0.392 e. The second-order valence-electron chi connectivity index (χ2n) is 12.4. The van der Waals surface area contributed by atoms with E-state index in [9.17, 15) is 24.6 Å². The number of hydrogen-bond acceptors (Lipinski definition) is 9. The summed E-state index contributed by atoms with van der Waals surface area (Å²) in [4.78, 5) is 39.1. The first kappa shape index (κ1) is 33.2. The van der Waals surface area contributed by atoms with Crippen molar-refractivity contribution in [2.45, 2.75) is 51.1 Å². The van der Waals surface area contributed by atoms with Crippen LogP contribution in [0, 0.1) is 5.92 Å². The van der Waals surface area contributed by atoms with Crippen LogP contribution < -0.4 is 5.32 Å². The van der Waals surface area contributed by atoms with Gasteiger partial charge in [0.1, 0.15) is 0 Å². The summed E-state index contributed by atoms with van der Waals surface area (Å²) in [7, 11) is 1.97. The molecule has 0 aromatic heterocycles. The van der Waals surface area contributed by atoms with E-state index in [4.69, 9.17) is 9.47 Å². The van der Waals surface area contributed by atoms with Gasteiger partial charge in [0.25, 0.3) is 5.91 Å². The molecule has 6 unspecified atom stereocenters. The summed E-state index contributed by atoms with van der Waals surface area (Å²) in [5.74, 6) is -2.05. The molecule has 6 atom stereocenters. The maximum absolute atomic E-state index is 13.2. The molecule has 248 valence electrons. The molecule has 0 bridgehead atoms. The van der Waals surface area contributed by atoms with Crippen LogP contribution in [0.25, 0.3) is 0 Å².